The van der Waals surface area contributed by atoms with Crippen molar-refractivity contribution in [3.05, 3.63) is 96.1 Å². The lowest BCUT2D eigenvalue weighted by molar-refractivity contribution is 0.104. The molecule has 0 fully saturated rings. The number of carbonyl (C=O) groups excluding carboxylic acids is 1. The number of benzene rings is 5. The molecule has 0 N–H and O–H groups in total. The van der Waals surface area contributed by atoms with Gasteiger partial charge in [0.15, 0.2) is 5.78 Å². The van der Waals surface area contributed by atoms with Crippen molar-refractivity contribution in [2.45, 2.75) is 0 Å². The Morgan fingerprint density at radius 2 is 1.38 bits per heavy atom. The molecule has 4 heteroatoms. The van der Waals surface area contributed by atoms with Crippen LogP contribution < -0.4 is 5.12 Å². The molecule has 0 radical (unpaired) electrons. The van der Waals surface area contributed by atoms with Crippen LogP contribution in [0.2, 0.25) is 0 Å². The Balaban J connectivity index is 1.41. The largest absolute Gasteiger partial charge is 0.289 e. The summed E-state index contributed by atoms with van der Waals surface area (Å²) in [5.41, 5.74) is 2.55. The van der Waals surface area contributed by atoms with E-state index in [1.54, 1.807) is 18.2 Å². The van der Waals surface area contributed by atoms with Crippen molar-refractivity contribution in [3.63, 3.8) is 0 Å². The standard InChI is InChI=1S/C25H15N3O/c29-23(17-8-12-21(13-9-17)28-26-27-28)15-11-16-4-5-20-7-6-18-2-1-3-19-10-14-22(16)25(20)24(18)19/h1-15H. The van der Waals surface area contributed by atoms with E-state index in [0.29, 0.717) is 5.56 Å². The molecule has 0 spiro atoms. The summed E-state index contributed by atoms with van der Waals surface area (Å²) in [7, 11) is 0. The molecule has 0 aromatic heterocycles. The Labute approximate surface area is 166 Å². The average Bonchev–Trinajstić information content (AvgIpc) is 3.62. The van der Waals surface area contributed by atoms with Crippen molar-refractivity contribution in [2.75, 3.05) is 5.12 Å². The summed E-state index contributed by atoms with van der Waals surface area (Å²) >= 11 is 0. The zero-order valence-corrected chi connectivity index (χ0v) is 15.4. The summed E-state index contributed by atoms with van der Waals surface area (Å²) in [6.07, 6.45) is 3.56. The molecule has 1 aliphatic rings. The molecule has 0 amide bonds. The van der Waals surface area contributed by atoms with E-state index in [-0.39, 0.29) is 5.78 Å². The van der Waals surface area contributed by atoms with Crippen LogP contribution in [0.5, 0.6) is 0 Å². The number of ketones is 1. The summed E-state index contributed by atoms with van der Waals surface area (Å²) in [6.45, 7) is 0. The smallest absolute Gasteiger partial charge is 0.185 e. The molecule has 0 unspecified atom stereocenters. The predicted molar refractivity (Wildman–Crippen MR) is 117 cm³/mol. The van der Waals surface area contributed by atoms with Gasteiger partial charge in [-0.1, -0.05) is 60.7 Å². The van der Waals surface area contributed by atoms with E-state index in [0.717, 1.165) is 16.6 Å². The highest BCUT2D eigenvalue weighted by atomic mass is 16.1. The molecule has 6 rings (SSSR count). The summed E-state index contributed by atoms with van der Waals surface area (Å²) in [4.78, 5) is 12.6. The first-order valence-corrected chi connectivity index (χ1v) is 9.49. The van der Waals surface area contributed by atoms with E-state index in [9.17, 15) is 4.79 Å². The van der Waals surface area contributed by atoms with Crippen LogP contribution in [-0.2, 0) is 0 Å². The zero-order chi connectivity index (χ0) is 19.4. The minimum atomic E-state index is -0.0260. The van der Waals surface area contributed by atoms with Gasteiger partial charge in [0.25, 0.3) is 0 Å². The SMILES string of the molecule is O=C(C=Cc1ccc2ccc3cccc4ccc1c2c34)c1ccc(N2N=N2)cc1. The first-order valence-electron chi connectivity index (χ1n) is 9.49. The molecule has 5 aromatic rings. The summed E-state index contributed by atoms with van der Waals surface area (Å²) in [6, 6.07) is 26.5. The van der Waals surface area contributed by atoms with Gasteiger partial charge in [-0.25, -0.2) is 0 Å². The summed E-state index contributed by atoms with van der Waals surface area (Å²) in [5, 5.41) is 16.4. The van der Waals surface area contributed by atoms with Crippen LogP contribution in [0.3, 0.4) is 0 Å². The van der Waals surface area contributed by atoms with Gasteiger partial charge in [-0.15, -0.1) is 5.12 Å². The molecule has 0 saturated carbocycles. The van der Waals surface area contributed by atoms with Gasteiger partial charge in [0.05, 0.1) is 5.69 Å². The third kappa shape index (κ3) is 2.57. The van der Waals surface area contributed by atoms with Gasteiger partial charge in [-0.05, 0) is 78.7 Å². The lowest BCUT2D eigenvalue weighted by Crippen LogP contribution is -1.96. The highest BCUT2D eigenvalue weighted by Crippen LogP contribution is 2.36. The fourth-order valence-corrected chi connectivity index (χ4v) is 4.05. The van der Waals surface area contributed by atoms with Crippen molar-refractivity contribution < 1.29 is 4.79 Å². The van der Waals surface area contributed by atoms with Gasteiger partial charge in [0, 0.05) is 5.56 Å². The number of hydrogen-bond acceptors (Lipinski definition) is 4. The molecule has 1 aliphatic heterocycles. The Morgan fingerprint density at radius 3 is 2.10 bits per heavy atom. The van der Waals surface area contributed by atoms with E-state index in [1.165, 1.54) is 32.0 Å². The first-order chi connectivity index (χ1) is 14.3. The van der Waals surface area contributed by atoms with E-state index in [1.807, 2.05) is 18.2 Å². The Kier molecular flexibility index (Phi) is 3.29. The third-order valence-electron chi connectivity index (χ3n) is 5.54. The normalized spacial score (nSPS) is 13.3. The van der Waals surface area contributed by atoms with Crippen molar-refractivity contribution >= 4 is 49.9 Å². The van der Waals surface area contributed by atoms with E-state index in [2.05, 4.69) is 65.0 Å². The predicted octanol–water partition coefficient (Wildman–Crippen LogP) is 6.58. The number of carbonyl (C=O) groups is 1. The second-order valence-corrected chi connectivity index (χ2v) is 7.22. The molecule has 0 saturated heterocycles. The van der Waals surface area contributed by atoms with Crippen molar-refractivity contribution in [1.29, 1.82) is 0 Å². The van der Waals surface area contributed by atoms with Gasteiger partial charge >= 0.3 is 0 Å². The third-order valence-corrected chi connectivity index (χ3v) is 5.54. The topological polar surface area (TPSA) is 44.8 Å². The highest BCUT2D eigenvalue weighted by molar-refractivity contribution is 6.24. The average molecular weight is 373 g/mol. The molecule has 0 bridgehead atoms. The maximum atomic E-state index is 12.6. The number of rotatable bonds is 4. The number of hydrogen-bond donors (Lipinski definition) is 0. The van der Waals surface area contributed by atoms with Crippen LogP contribution in [0, 0.1) is 0 Å². The molecule has 0 aliphatic carbocycles. The van der Waals surface area contributed by atoms with Gasteiger partial charge in [-0.2, -0.15) is 0 Å². The minimum absolute atomic E-state index is 0.0260. The van der Waals surface area contributed by atoms with E-state index in [4.69, 9.17) is 0 Å². The fourth-order valence-electron chi connectivity index (χ4n) is 4.05. The summed E-state index contributed by atoms with van der Waals surface area (Å²) < 4.78 is 0. The number of anilines is 1. The number of nitrogens with zero attached hydrogens (tertiary/aromatic N) is 3. The van der Waals surface area contributed by atoms with Crippen molar-refractivity contribution in [1.82, 2.24) is 0 Å². The van der Waals surface area contributed by atoms with Gasteiger partial charge < -0.3 is 0 Å². The monoisotopic (exact) mass is 373 g/mol. The van der Waals surface area contributed by atoms with E-state index >= 15 is 0 Å². The van der Waals surface area contributed by atoms with Crippen LogP contribution in [0.4, 0.5) is 5.69 Å². The Hall–Kier alpha value is -4.05. The van der Waals surface area contributed by atoms with Crippen LogP contribution in [0.15, 0.2) is 95.4 Å². The fraction of sp³-hybridized carbons (Fsp3) is 0. The van der Waals surface area contributed by atoms with Crippen LogP contribution in [-0.4, -0.2) is 5.78 Å². The molecule has 29 heavy (non-hydrogen) atoms. The quantitative estimate of drug-likeness (QED) is 0.203. The molecular formula is C25H15N3O. The Morgan fingerprint density at radius 1 is 0.724 bits per heavy atom. The van der Waals surface area contributed by atoms with Crippen LogP contribution in [0.25, 0.3) is 38.4 Å². The molecule has 1 heterocycles. The molecular weight excluding hydrogens is 358 g/mol. The van der Waals surface area contributed by atoms with Gasteiger partial charge in [0.2, 0.25) is 0 Å². The van der Waals surface area contributed by atoms with Crippen molar-refractivity contribution in [2.24, 2.45) is 10.4 Å². The van der Waals surface area contributed by atoms with Crippen LogP contribution in [0.1, 0.15) is 15.9 Å². The maximum absolute atomic E-state index is 12.6. The summed E-state index contributed by atoms with van der Waals surface area (Å²) in [5.74, 6) is -0.0260. The van der Waals surface area contributed by atoms with E-state index < -0.39 is 0 Å². The molecule has 0 atom stereocenters. The lowest BCUT2D eigenvalue weighted by atomic mass is 9.92. The number of allylic oxidation sites excluding steroid dienone is 1. The van der Waals surface area contributed by atoms with Gasteiger partial charge in [0.1, 0.15) is 0 Å². The second-order valence-electron chi connectivity index (χ2n) is 7.22. The first kappa shape index (κ1) is 16.0. The highest BCUT2D eigenvalue weighted by Gasteiger charge is 2.14. The zero-order valence-electron chi connectivity index (χ0n) is 15.4. The second kappa shape index (κ2) is 5.97. The van der Waals surface area contributed by atoms with Crippen LogP contribution >= 0.6 is 0 Å². The van der Waals surface area contributed by atoms with Gasteiger partial charge in [-0.3, -0.25) is 4.79 Å². The maximum Gasteiger partial charge on any atom is 0.185 e. The molecule has 136 valence electrons. The minimum Gasteiger partial charge on any atom is -0.289 e. The molecule has 4 nitrogen and oxygen atoms in total. The molecule has 5 aromatic carbocycles. The Bertz CT molecular complexity index is 1440. The van der Waals surface area contributed by atoms with Crippen molar-refractivity contribution in [3.8, 4) is 0 Å². The lowest BCUT2D eigenvalue weighted by Gasteiger charge is -2.12.